The van der Waals surface area contributed by atoms with Crippen LogP contribution >= 0.6 is 15.9 Å². The summed E-state index contributed by atoms with van der Waals surface area (Å²) in [4.78, 5) is 4.49. The van der Waals surface area contributed by atoms with E-state index in [1.165, 1.54) is 6.42 Å². The van der Waals surface area contributed by atoms with E-state index in [-0.39, 0.29) is 0 Å². The molecule has 0 radical (unpaired) electrons. The van der Waals surface area contributed by atoms with Gasteiger partial charge in [-0.1, -0.05) is 40.3 Å². The fraction of sp³-hybridized carbons (Fsp3) is 0.429. The molecule has 4 nitrogen and oxygen atoms in total. The molecule has 0 unspecified atom stereocenters. The molecule has 1 aliphatic rings. The Labute approximate surface area is 120 Å². The lowest BCUT2D eigenvalue weighted by molar-refractivity contribution is 0.220. The van der Waals surface area contributed by atoms with E-state index in [0.29, 0.717) is 11.7 Å². The average Bonchev–Trinajstić information content (AvgIpc) is 2.91. The standard InChI is InChI=1S/C14H16BrN3O/c15-11-6-4-10(5-7-11)12-17-13(19-18-12)14(16)8-2-1-3-9-14/h4-7H,1-3,8-9,16H2. The van der Waals surface area contributed by atoms with Crippen LogP contribution < -0.4 is 5.73 Å². The van der Waals surface area contributed by atoms with Crippen molar-refractivity contribution in [1.29, 1.82) is 0 Å². The summed E-state index contributed by atoms with van der Waals surface area (Å²) in [6, 6.07) is 7.85. The minimum absolute atomic E-state index is 0.432. The van der Waals surface area contributed by atoms with Gasteiger partial charge in [-0.2, -0.15) is 4.98 Å². The third kappa shape index (κ3) is 2.58. The van der Waals surface area contributed by atoms with Crippen molar-refractivity contribution in [1.82, 2.24) is 10.1 Å². The molecule has 1 aromatic heterocycles. The second-order valence-corrected chi connectivity index (χ2v) is 6.06. The molecule has 1 aromatic carbocycles. The van der Waals surface area contributed by atoms with Crippen molar-refractivity contribution in [3.8, 4) is 11.4 Å². The number of aromatic nitrogens is 2. The highest BCUT2D eigenvalue weighted by Gasteiger charge is 2.35. The second-order valence-electron chi connectivity index (χ2n) is 5.15. The molecule has 100 valence electrons. The molecule has 1 aliphatic carbocycles. The van der Waals surface area contributed by atoms with Gasteiger partial charge in [0.15, 0.2) is 0 Å². The molecular weight excluding hydrogens is 306 g/mol. The van der Waals surface area contributed by atoms with Crippen LogP contribution in [-0.2, 0) is 5.54 Å². The van der Waals surface area contributed by atoms with Gasteiger partial charge in [-0.15, -0.1) is 0 Å². The first-order valence-electron chi connectivity index (χ1n) is 6.56. The first-order chi connectivity index (χ1) is 9.17. The van der Waals surface area contributed by atoms with Crippen LogP contribution in [0.2, 0.25) is 0 Å². The lowest BCUT2D eigenvalue weighted by Crippen LogP contribution is -2.38. The van der Waals surface area contributed by atoms with Crippen molar-refractivity contribution in [2.24, 2.45) is 5.73 Å². The molecule has 1 heterocycles. The van der Waals surface area contributed by atoms with Crippen molar-refractivity contribution in [3.63, 3.8) is 0 Å². The highest BCUT2D eigenvalue weighted by molar-refractivity contribution is 9.10. The van der Waals surface area contributed by atoms with Crippen LogP contribution in [0.25, 0.3) is 11.4 Å². The summed E-state index contributed by atoms with van der Waals surface area (Å²) in [6.45, 7) is 0. The summed E-state index contributed by atoms with van der Waals surface area (Å²) in [5.74, 6) is 1.18. The second kappa shape index (κ2) is 5.06. The molecule has 5 heteroatoms. The highest BCUT2D eigenvalue weighted by Crippen LogP contribution is 2.34. The van der Waals surface area contributed by atoms with Gasteiger partial charge in [0.1, 0.15) is 0 Å². The van der Waals surface area contributed by atoms with Crippen molar-refractivity contribution < 1.29 is 4.52 Å². The highest BCUT2D eigenvalue weighted by atomic mass is 79.9. The molecule has 2 aromatic rings. The van der Waals surface area contributed by atoms with Gasteiger partial charge in [-0.05, 0) is 37.1 Å². The van der Waals surface area contributed by atoms with Crippen LogP contribution in [0, 0.1) is 0 Å². The Morgan fingerprint density at radius 1 is 1.11 bits per heavy atom. The molecule has 0 aliphatic heterocycles. The fourth-order valence-electron chi connectivity index (χ4n) is 2.54. The monoisotopic (exact) mass is 321 g/mol. The maximum absolute atomic E-state index is 6.39. The van der Waals surface area contributed by atoms with Gasteiger partial charge in [-0.3, -0.25) is 0 Å². The van der Waals surface area contributed by atoms with Gasteiger partial charge in [-0.25, -0.2) is 0 Å². The topological polar surface area (TPSA) is 64.9 Å². The van der Waals surface area contributed by atoms with Crippen LogP contribution in [0.15, 0.2) is 33.3 Å². The average molecular weight is 322 g/mol. The van der Waals surface area contributed by atoms with E-state index in [9.17, 15) is 0 Å². The molecular formula is C14H16BrN3O. The molecule has 1 saturated carbocycles. The number of hydrogen-bond acceptors (Lipinski definition) is 4. The number of rotatable bonds is 2. The molecule has 0 spiro atoms. The third-order valence-electron chi connectivity index (χ3n) is 3.70. The van der Waals surface area contributed by atoms with E-state index in [4.69, 9.17) is 10.3 Å². The smallest absolute Gasteiger partial charge is 0.247 e. The first kappa shape index (κ1) is 12.8. The van der Waals surface area contributed by atoms with Crippen LogP contribution in [0.4, 0.5) is 0 Å². The number of nitrogens with zero attached hydrogens (tertiary/aromatic N) is 2. The Kier molecular flexibility index (Phi) is 3.41. The Morgan fingerprint density at radius 2 is 1.79 bits per heavy atom. The van der Waals surface area contributed by atoms with E-state index >= 15 is 0 Å². The molecule has 19 heavy (non-hydrogen) atoms. The SMILES string of the molecule is NC1(c2nc(-c3ccc(Br)cc3)no2)CCCCC1. The number of nitrogens with two attached hydrogens (primary N) is 1. The van der Waals surface area contributed by atoms with Crippen LogP contribution in [0.3, 0.4) is 0 Å². The van der Waals surface area contributed by atoms with E-state index in [0.717, 1.165) is 35.7 Å². The minimum Gasteiger partial charge on any atom is -0.337 e. The largest absolute Gasteiger partial charge is 0.337 e. The van der Waals surface area contributed by atoms with E-state index in [1.54, 1.807) is 0 Å². The van der Waals surface area contributed by atoms with Crippen molar-refractivity contribution in [2.75, 3.05) is 0 Å². The third-order valence-corrected chi connectivity index (χ3v) is 4.23. The predicted octanol–water partition coefficient (Wildman–Crippen LogP) is 3.62. The van der Waals surface area contributed by atoms with Crippen LogP contribution in [0.1, 0.15) is 38.0 Å². The first-order valence-corrected chi connectivity index (χ1v) is 7.36. The van der Waals surface area contributed by atoms with E-state index < -0.39 is 5.54 Å². The van der Waals surface area contributed by atoms with Crippen molar-refractivity contribution in [2.45, 2.75) is 37.6 Å². The quantitative estimate of drug-likeness (QED) is 0.917. The maximum atomic E-state index is 6.39. The summed E-state index contributed by atoms with van der Waals surface area (Å²) in [6.07, 6.45) is 5.36. The zero-order chi connectivity index (χ0) is 13.3. The summed E-state index contributed by atoms with van der Waals surface area (Å²) >= 11 is 3.41. The van der Waals surface area contributed by atoms with Gasteiger partial charge in [0.05, 0.1) is 5.54 Å². The number of hydrogen-bond donors (Lipinski definition) is 1. The summed E-state index contributed by atoms with van der Waals surface area (Å²) in [5, 5.41) is 4.06. The molecule has 0 atom stereocenters. The van der Waals surface area contributed by atoms with Crippen molar-refractivity contribution >= 4 is 15.9 Å². The summed E-state index contributed by atoms with van der Waals surface area (Å²) < 4.78 is 6.42. The Balaban J connectivity index is 1.88. The normalized spacial score (nSPS) is 18.4. The fourth-order valence-corrected chi connectivity index (χ4v) is 2.80. The molecule has 0 amide bonds. The number of halogens is 1. The molecule has 1 fully saturated rings. The van der Waals surface area contributed by atoms with E-state index in [1.807, 2.05) is 24.3 Å². The minimum atomic E-state index is -0.432. The predicted molar refractivity (Wildman–Crippen MR) is 76.4 cm³/mol. The van der Waals surface area contributed by atoms with Gasteiger partial charge in [0, 0.05) is 10.0 Å². The van der Waals surface area contributed by atoms with Crippen LogP contribution in [-0.4, -0.2) is 10.1 Å². The zero-order valence-electron chi connectivity index (χ0n) is 10.6. The summed E-state index contributed by atoms with van der Waals surface area (Å²) in [5.41, 5.74) is 6.90. The summed E-state index contributed by atoms with van der Waals surface area (Å²) in [7, 11) is 0. The molecule has 2 N–H and O–H groups in total. The Hall–Kier alpha value is -1.20. The molecule has 0 bridgehead atoms. The van der Waals surface area contributed by atoms with Crippen LogP contribution in [0.5, 0.6) is 0 Å². The van der Waals surface area contributed by atoms with Gasteiger partial charge >= 0.3 is 0 Å². The molecule has 0 saturated heterocycles. The van der Waals surface area contributed by atoms with Crippen molar-refractivity contribution in [3.05, 3.63) is 34.6 Å². The maximum Gasteiger partial charge on any atom is 0.247 e. The lowest BCUT2D eigenvalue weighted by atomic mass is 9.82. The zero-order valence-corrected chi connectivity index (χ0v) is 12.2. The van der Waals surface area contributed by atoms with Gasteiger partial charge < -0.3 is 10.3 Å². The Morgan fingerprint density at radius 3 is 2.47 bits per heavy atom. The van der Waals surface area contributed by atoms with Gasteiger partial charge in [0.2, 0.25) is 11.7 Å². The lowest BCUT2D eigenvalue weighted by Gasteiger charge is -2.29. The van der Waals surface area contributed by atoms with Gasteiger partial charge in [0.25, 0.3) is 0 Å². The number of benzene rings is 1. The van der Waals surface area contributed by atoms with E-state index in [2.05, 4.69) is 26.1 Å². The molecule has 3 rings (SSSR count). The Bertz CT molecular complexity index is 558.